The number of benzene rings is 1. The maximum atomic E-state index is 12.6. The van der Waals surface area contributed by atoms with Crippen molar-refractivity contribution < 1.29 is 14.7 Å². The minimum atomic E-state index is -0.902. The molecule has 136 valence electrons. The molecule has 1 aromatic carbocycles. The highest BCUT2D eigenvalue weighted by molar-refractivity contribution is 5.89. The predicted molar refractivity (Wildman–Crippen MR) is 97.3 cm³/mol. The van der Waals surface area contributed by atoms with E-state index in [9.17, 15) is 14.4 Å². The van der Waals surface area contributed by atoms with Gasteiger partial charge in [0.15, 0.2) is 0 Å². The summed E-state index contributed by atoms with van der Waals surface area (Å²) in [6, 6.07) is 10.7. The molecule has 0 saturated carbocycles. The topological polar surface area (TPSA) is 91.6 Å². The fraction of sp³-hybridized carbons (Fsp3) is 0.316. The Balaban J connectivity index is 1.71. The number of hydrogen-bond donors (Lipinski definition) is 2. The largest absolute Gasteiger partial charge is 0.481 e. The number of carbonyl (C=O) groups excluding carboxylic acids is 1. The molecule has 1 atom stereocenters. The third-order valence-corrected chi connectivity index (χ3v) is 4.56. The first-order chi connectivity index (χ1) is 12.4. The van der Waals surface area contributed by atoms with Gasteiger partial charge in [0.2, 0.25) is 0 Å². The Morgan fingerprint density at radius 2 is 1.96 bits per heavy atom. The summed E-state index contributed by atoms with van der Waals surface area (Å²) < 4.78 is 1.53. The highest BCUT2D eigenvalue weighted by atomic mass is 16.4. The van der Waals surface area contributed by atoms with E-state index >= 15 is 0 Å². The van der Waals surface area contributed by atoms with Gasteiger partial charge in [0.25, 0.3) is 5.56 Å². The van der Waals surface area contributed by atoms with Crippen LogP contribution in [0.2, 0.25) is 0 Å². The van der Waals surface area contributed by atoms with Crippen LogP contribution < -0.4 is 10.9 Å². The van der Waals surface area contributed by atoms with Gasteiger partial charge in [0, 0.05) is 19.3 Å². The lowest BCUT2D eigenvalue weighted by Gasteiger charge is -2.17. The fourth-order valence-electron chi connectivity index (χ4n) is 2.99. The van der Waals surface area contributed by atoms with Gasteiger partial charge in [-0.2, -0.15) is 0 Å². The number of rotatable bonds is 4. The van der Waals surface area contributed by atoms with Crippen molar-refractivity contribution in [2.24, 2.45) is 5.92 Å². The molecule has 3 rings (SSSR count). The Morgan fingerprint density at radius 1 is 1.23 bits per heavy atom. The maximum absolute atomic E-state index is 12.6. The first kappa shape index (κ1) is 17.7. The van der Waals surface area contributed by atoms with Crippen molar-refractivity contribution in [2.45, 2.75) is 19.9 Å². The molecule has 0 radical (unpaired) electrons. The van der Waals surface area contributed by atoms with E-state index in [0.29, 0.717) is 19.5 Å². The van der Waals surface area contributed by atoms with Crippen LogP contribution in [0, 0.1) is 12.8 Å². The van der Waals surface area contributed by atoms with Crippen LogP contribution in [0.1, 0.15) is 17.5 Å². The van der Waals surface area contributed by atoms with Gasteiger partial charge in [-0.05, 0) is 31.0 Å². The summed E-state index contributed by atoms with van der Waals surface area (Å²) in [7, 11) is 0. The first-order valence-corrected chi connectivity index (χ1v) is 8.48. The molecule has 2 heterocycles. The number of nitrogens with zero attached hydrogens (tertiary/aromatic N) is 2. The normalized spacial score (nSPS) is 16.5. The Labute approximate surface area is 150 Å². The van der Waals surface area contributed by atoms with E-state index in [2.05, 4.69) is 5.32 Å². The van der Waals surface area contributed by atoms with Crippen molar-refractivity contribution in [3.05, 3.63) is 64.1 Å². The van der Waals surface area contributed by atoms with E-state index in [4.69, 9.17) is 5.11 Å². The molecule has 0 aliphatic carbocycles. The number of aromatic nitrogens is 1. The predicted octanol–water partition coefficient (Wildman–Crippen LogP) is 2.14. The standard InChI is InChI=1S/C19H21N3O4/c1-13-4-6-14(7-5-13)11-21-9-2-3-16(17(21)23)20-19(26)22-10-8-15(12-22)18(24)25/h2-7,9,15H,8,10-12H2,1H3,(H,20,26)(H,24,25). The minimum Gasteiger partial charge on any atom is -0.481 e. The number of pyridine rings is 1. The molecule has 1 aliphatic rings. The van der Waals surface area contributed by atoms with Crippen LogP contribution in [-0.2, 0) is 11.3 Å². The van der Waals surface area contributed by atoms with E-state index in [1.165, 1.54) is 9.47 Å². The van der Waals surface area contributed by atoms with E-state index in [0.717, 1.165) is 11.1 Å². The zero-order valence-corrected chi connectivity index (χ0v) is 14.5. The molecule has 1 fully saturated rings. The molecule has 0 spiro atoms. The van der Waals surface area contributed by atoms with Crippen molar-refractivity contribution in [1.29, 1.82) is 0 Å². The van der Waals surface area contributed by atoms with Crippen molar-refractivity contribution in [3.8, 4) is 0 Å². The van der Waals surface area contributed by atoms with Crippen LogP contribution in [0.15, 0.2) is 47.4 Å². The van der Waals surface area contributed by atoms with Gasteiger partial charge in [-0.3, -0.25) is 9.59 Å². The van der Waals surface area contributed by atoms with Crippen LogP contribution >= 0.6 is 0 Å². The highest BCUT2D eigenvalue weighted by Crippen LogP contribution is 2.17. The SMILES string of the molecule is Cc1ccc(Cn2cccc(NC(=O)N3CCC(C(=O)O)C3)c2=O)cc1. The average molecular weight is 355 g/mol. The molecular formula is C19H21N3O4. The third kappa shape index (κ3) is 3.93. The number of hydrogen-bond acceptors (Lipinski definition) is 3. The molecule has 2 amide bonds. The Kier molecular flexibility index (Phi) is 5.06. The van der Waals surface area contributed by atoms with Crippen molar-refractivity contribution in [1.82, 2.24) is 9.47 Å². The molecule has 1 unspecified atom stereocenters. The van der Waals surface area contributed by atoms with Gasteiger partial charge >= 0.3 is 12.0 Å². The summed E-state index contributed by atoms with van der Waals surface area (Å²) in [6.07, 6.45) is 2.10. The fourth-order valence-corrected chi connectivity index (χ4v) is 2.99. The molecule has 1 saturated heterocycles. The lowest BCUT2D eigenvalue weighted by molar-refractivity contribution is -0.141. The summed E-state index contributed by atoms with van der Waals surface area (Å²) in [4.78, 5) is 37.4. The number of aryl methyl sites for hydroxylation is 1. The number of anilines is 1. The van der Waals surface area contributed by atoms with Gasteiger partial charge in [-0.1, -0.05) is 29.8 Å². The summed E-state index contributed by atoms with van der Waals surface area (Å²) in [6.45, 7) is 2.94. The number of aliphatic carboxylic acids is 1. The number of nitrogens with one attached hydrogen (secondary N) is 1. The molecular weight excluding hydrogens is 334 g/mol. The van der Waals surface area contributed by atoms with Crippen molar-refractivity contribution >= 4 is 17.7 Å². The lowest BCUT2D eigenvalue weighted by Crippen LogP contribution is -2.36. The maximum Gasteiger partial charge on any atom is 0.322 e. The lowest BCUT2D eigenvalue weighted by atomic mass is 10.1. The molecule has 1 aromatic heterocycles. The second-order valence-electron chi connectivity index (χ2n) is 6.54. The highest BCUT2D eigenvalue weighted by Gasteiger charge is 2.31. The molecule has 2 N–H and O–H groups in total. The number of urea groups is 1. The third-order valence-electron chi connectivity index (χ3n) is 4.56. The van der Waals surface area contributed by atoms with E-state index in [1.54, 1.807) is 18.3 Å². The second kappa shape index (κ2) is 7.43. The Bertz CT molecular complexity index is 873. The quantitative estimate of drug-likeness (QED) is 0.879. The molecule has 7 heteroatoms. The van der Waals surface area contributed by atoms with Crippen LogP contribution in [0.25, 0.3) is 0 Å². The number of carbonyl (C=O) groups is 2. The second-order valence-corrected chi connectivity index (χ2v) is 6.54. The summed E-state index contributed by atoms with van der Waals surface area (Å²) >= 11 is 0. The Morgan fingerprint density at radius 3 is 2.62 bits per heavy atom. The van der Waals surface area contributed by atoms with Gasteiger partial charge in [-0.15, -0.1) is 0 Å². The van der Waals surface area contributed by atoms with Gasteiger partial charge < -0.3 is 19.9 Å². The van der Waals surface area contributed by atoms with Gasteiger partial charge in [-0.25, -0.2) is 4.79 Å². The van der Waals surface area contributed by atoms with Crippen LogP contribution in [0.4, 0.5) is 10.5 Å². The smallest absolute Gasteiger partial charge is 0.322 e. The van der Waals surface area contributed by atoms with Crippen LogP contribution in [0.5, 0.6) is 0 Å². The monoisotopic (exact) mass is 355 g/mol. The van der Waals surface area contributed by atoms with E-state index in [-0.39, 0.29) is 17.8 Å². The van der Waals surface area contributed by atoms with Crippen molar-refractivity contribution in [3.63, 3.8) is 0 Å². The zero-order chi connectivity index (χ0) is 18.7. The Hall–Kier alpha value is -3.09. The number of amides is 2. The van der Waals surface area contributed by atoms with Gasteiger partial charge in [0.1, 0.15) is 5.69 Å². The van der Waals surface area contributed by atoms with Crippen molar-refractivity contribution in [2.75, 3.05) is 18.4 Å². The van der Waals surface area contributed by atoms with Gasteiger partial charge in [0.05, 0.1) is 12.5 Å². The van der Waals surface area contributed by atoms with E-state index in [1.807, 2.05) is 31.2 Å². The molecule has 2 aromatic rings. The number of carboxylic acid groups (broad SMARTS) is 1. The molecule has 1 aliphatic heterocycles. The molecule has 7 nitrogen and oxygen atoms in total. The van der Waals surface area contributed by atoms with Crippen LogP contribution in [-0.4, -0.2) is 39.7 Å². The molecule has 26 heavy (non-hydrogen) atoms. The number of likely N-dealkylation sites (tertiary alicyclic amines) is 1. The minimum absolute atomic E-state index is 0.158. The zero-order valence-electron chi connectivity index (χ0n) is 14.5. The van der Waals surface area contributed by atoms with E-state index < -0.39 is 17.9 Å². The summed E-state index contributed by atoms with van der Waals surface area (Å²) in [5, 5.41) is 11.6. The average Bonchev–Trinajstić information content (AvgIpc) is 3.11. The number of carboxylic acids is 1. The summed E-state index contributed by atoms with van der Waals surface area (Å²) in [5.41, 5.74) is 2.02. The molecule has 0 bridgehead atoms. The summed E-state index contributed by atoms with van der Waals surface area (Å²) in [5.74, 6) is -1.45. The van der Waals surface area contributed by atoms with Crippen LogP contribution in [0.3, 0.4) is 0 Å². The first-order valence-electron chi connectivity index (χ1n) is 8.48.